The van der Waals surface area contributed by atoms with E-state index in [1.54, 1.807) is 12.1 Å². The van der Waals surface area contributed by atoms with Crippen LogP contribution in [0.2, 0.25) is 0 Å². The zero-order valence-electron chi connectivity index (χ0n) is 12.5. The minimum absolute atomic E-state index is 0.149. The molecule has 1 aromatic rings. The minimum atomic E-state index is -3.32. The van der Waals surface area contributed by atoms with E-state index in [9.17, 15) is 12.8 Å². The van der Waals surface area contributed by atoms with Crippen molar-refractivity contribution in [1.29, 1.82) is 0 Å². The van der Waals surface area contributed by atoms with Gasteiger partial charge < -0.3 is 5.32 Å². The predicted molar refractivity (Wildman–Crippen MR) is 82.0 cm³/mol. The summed E-state index contributed by atoms with van der Waals surface area (Å²) < 4.78 is 40.1. The number of hydrogen-bond donors (Lipinski definition) is 1. The van der Waals surface area contributed by atoms with Crippen LogP contribution in [-0.2, 0) is 10.0 Å². The summed E-state index contributed by atoms with van der Waals surface area (Å²) in [4.78, 5) is 0. The maximum Gasteiger partial charge on any atom is 0.214 e. The highest BCUT2D eigenvalue weighted by Gasteiger charge is 2.33. The van der Waals surface area contributed by atoms with Crippen LogP contribution in [-0.4, -0.2) is 38.1 Å². The molecule has 0 amide bonds. The van der Waals surface area contributed by atoms with E-state index in [4.69, 9.17) is 0 Å². The van der Waals surface area contributed by atoms with Crippen molar-refractivity contribution in [2.24, 2.45) is 5.92 Å². The van der Waals surface area contributed by atoms with Gasteiger partial charge in [0.25, 0.3) is 0 Å². The number of piperazine rings is 1. The molecule has 1 aliphatic rings. The van der Waals surface area contributed by atoms with Crippen molar-refractivity contribution in [3.8, 4) is 0 Å². The summed E-state index contributed by atoms with van der Waals surface area (Å²) >= 11 is 0. The Morgan fingerprint density at radius 1 is 1.43 bits per heavy atom. The van der Waals surface area contributed by atoms with E-state index in [1.165, 1.54) is 16.4 Å². The van der Waals surface area contributed by atoms with E-state index >= 15 is 0 Å². The van der Waals surface area contributed by atoms with Crippen molar-refractivity contribution in [2.75, 3.05) is 25.4 Å². The third kappa shape index (κ3) is 4.25. The molecule has 4 nitrogen and oxygen atoms in total. The molecule has 6 heteroatoms. The van der Waals surface area contributed by atoms with E-state index in [0.717, 1.165) is 0 Å². The van der Waals surface area contributed by atoms with Gasteiger partial charge in [-0.15, -0.1) is 0 Å². The standard InChI is InChI=1S/C15H23FN2O2S/c1-12(2)6-9-21(19,20)18-8-7-17-11-15(18)13-4-3-5-14(16)10-13/h3-5,10,12,15,17H,6-9,11H2,1-2H3. The van der Waals surface area contributed by atoms with Crippen molar-refractivity contribution in [3.05, 3.63) is 35.6 Å². The van der Waals surface area contributed by atoms with Crippen molar-refractivity contribution in [2.45, 2.75) is 26.3 Å². The molecule has 0 aromatic heterocycles. The predicted octanol–water partition coefficient (Wildman–Crippen LogP) is 2.15. The van der Waals surface area contributed by atoms with Gasteiger partial charge in [-0.1, -0.05) is 26.0 Å². The summed E-state index contributed by atoms with van der Waals surface area (Å²) in [7, 11) is -3.32. The Hall–Kier alpha value is -0.980. The maximum absolute atomic E-state index is 13.4. The Morgan fingerprint density at radius 3 is 2.86 bits per heavy atom. The van der Waals surface area contributed by atoms with E-state index in [-0.39, 0.29) is 17.6 Å². The van der Waals surface area contributed by atoms with Gasteiger partial charge in [-0.05, 0) is 30.0 Å². The highest BCUT2D eigenvalue weighted by Crippen LogP contribution is 2.26. The molecule has 118 valence electrons. The zero-order valence-corrected chi connectivity index (χ0v) is 13.4. The topological polar surface area (TPSA) is 49.4 Å². The molecule has 21 heavy (non-hydrogen) atoms. The first-order chi connectivity index (χ1) is 9.90. The Labute approximate surface area is 126 Å². The van der Waals surface area contributed by atoms with Crippen LogP contribution >= 0.6 is 0 Å². The third-order valence-electron chi connectivity index (χ3n) is 3.74. The van der Waals surface area contributed by atoms with Crippen LogP contribution in [0.4, 0.5) is 4.39 Å². The van der Waals surface area contributed by atoms with Gasteiger partial charge in [0.1, 0.15) is 5.82 Å². The monoisotopic (exact) mass is 314 g/mol. The van der Waals surface area contributed by atoms with Gasteiger partial charge >= 0.3 is 0 Å². The first-order valence-corrected chi connectivity index (χ1v) is 8.97. The number of sulfonamides is 1. The second-order valence-corrected chi connectivity index (χ2v) is 7.93. The average molecular weight is 314 g/mol. The Bertz CT molecular complexity index is 575. The Balaban J connectivity index is 2.23. The van der Waals surface area contributed by atoms with Gasteiger partial charge in [-0.25, -0.2) is 12.8 Å². The van der Waals surface area contributed by atoms with Crippen LogP contribution in [0.1, 0.15) is 31.9 Å². The molecule has 1 N–H and O–H groups in total. The van der Waals surface area contributed by atoms with Crippen LogP contribution in [0.5, 0.6) is 0 Å². The molecule has 1 unspecified atom stereocenters. The van der Waals surface area contributed by atoms with Crippen molar-refractivity contribution in [1.82, 2.24) is 9.62 Å². The molecular formula is C15H23FN2O2S. The Kier molecular flexibility index (Phi) is 5.35. The lowest BCUT2D eigenvalue weighted by atomic mass is 10.1. The second-order valence-electron chi connectivity index (χ2n) is 5.88. The number of halogens is 1. The lowest BCUT2D eigenvalue weighted by Crippen LogP contribution is -2.49. The van der Waals surface area contributed by atoms with E-state index in [1.807, 2.05) is 13.8 Å². The van der Waals surface area contributed by atoms with Crippen molar-refractivity contribution in [3.63, 3.8) is 0 Å². The quantitative estimate of drug-likeness (QED) is 0.906. The van der Waals surface area contributed by atoms with Crippen molar-refractivity contribution < 1.29 is 12.8 Å². The molecule has 2 rings (SSSR count). The van der Waals surface area contributed by atoms with Gasteiger partial charge in [0, 0.05) is 19.6 Å². The van der Waals surface area contributed by atoms with Crippen LogP contribution in [0.15, 0.2) is 24.3 Å². The summed E-state index contributed by atoms with van der Waals surface area (Å²) in [6, 6.07) is 5.87. The van der Waals surface area contributed by atoms with E-state index in [2.05, 4.69) is 5.32 Å². The highest BCUT2D eigenvalue weighted by molar-refractivity contribution is 7.89. The van der Waals surface area contributed by atoms with Crippen molar-refractivity contribution >= 4 is 10.0 Å². The first-order valence-electron chi connectivity index (χ1n) is 7.36. The molecule has 1 saturated heterocycles. The fraction of sp³-hybridized carbons (Fsp3) is 0.600. The smallest absolute Gasteiger partial charge is 0.214 e. The molecule has 0 radical (unpaired) electrons. The summed E-state index contributed by atoms with van der Waals surface area (Å²) in [6.45, 7) is 5.60. The lowest BCUT2D eigenvalue weighted by molar-refractivity contribution is 0.270. The van der Waals surface area contributed by atoms with Crippen LogP contribution in [0.25, 0.3) is 0 Å². The minimum Gasteiger partial charge on any atom is -0.313 e. The second kappa shape index (κ2) is 6.85. The van der Waals surface area contributed by atoms with Crippen LogP contribution < -0.4 is 5.32 Å². The fourth-order valence-corrected chi connectivity index (χ4v) is 4.48. The lowest BCUT2D eigenvalue weighted by Gasteiger charge is -2.35. The summed E-state index contributed by atoms with van der Waals surface area (Å²) in [5.74, 6) is 0.157. The first kappa shape index (κ1) is 16.4. The summed E-state index contributed by atoms with van der Waals surface area (Å²) in [6.07, 6.45) is 0.641. The van der Waals surface area contributed by atoms with Gasteiger partial charge in [0.05, 0.1) is 11.8 Å². The maximum atomic E-state index is 13.4. The molecule has 0 aliphatic carbocycles. The number of rotatable bonds is 5. The third-order valence-corrected chi connectivity index (χ3v) is 5.64. The van der Waals surface area contributed by atoms with Gasteiger partial charge in [0.15, 0.2) is 0 Å². The molecule has 0 saturated carbocycles. The molecule has 0 bridgehead atoms. The largest absolute Gasteiger partial charge is 0.313 e. The molecule has 0 spiro atoms. The molecule has 1 aromatic carbocycles. The number of nitrogens with zero attached hydrogens (tertiary/aromatic N) is 1. The number of benzene rings is 1. The average Bonchev–Trinajstić information content (AvgIpc) is 2.45. The van der Waals surface area contributed by atoms with Gasteiger partial charge in [-0.2, -0.15) is 4.31 Å². The number of hydrogen-bond acceptors (Lipinski definition) is 3. The van der Waals surface area contributed by atoms with E-state index < -0.39 is 10.0 Å². The molecule has 1 aliphatic heterocycles. The summed E-state index contributed by atoms with van der Waals surface area (Å²) in [5.41, 5.74) is 0.704. The zero-order chi connectivity index (χ0) is 15.5. The Morgan fingerprint density at radius 2 is 2.19 bits per heavy atom. The SMILES string of the molecule is CC(C)CCS(=O)(=O)N1CCNCC1c1cccc(F)c1. The molecule has 1 atom stereocenters. The number of nitrogens with one attached hydrogen (secondary N) is 1. The molecular weight excluding hydrogens is 291 g/mol. The van der Waals surface area contributed by atoms with Crippen LogP contribution in [0.3, 0.4) is 0 Å². The molecule has 1 fully saturated rings. The molecule has 1 heterocycles. The van der Waals surface area contributed by atoms with Gasteiger partial charge in [-0.3, -0.25) is 0 Å². The van der Waals surface area contributed by atoms with Gasteiger partial charge in [0.2, 0.25) is 10.0 Å². The highest BCUT2D eigenvalue weighted by atomic mass is 32.2. The fourth-order valence-electron chi connectivity index (χ4n) is 2.52. The van der Waals surface area contributed by atoms with E-state index in [0.29, 0.717) is 37.5 Å². The summed E-state index contributed by atoms with van der Waals surface area (Å²) in [5, 5.41) is 3.19. The van der Waals surface area contributed by atoms with Crippen LogP contribution in [0, 0.1) is 11.7 Å². The normalized spacial score (nSPS) is 20.9.